The van der Waals surface area contributed by atoms with Crippen molar-refractivity contribution in [1.82, 2.24) is 4.90 Å². The molecule has 306 valence electrons. The highest BCUT2D eigenvalue weighted by Crippen LogP contribution is 2.22. The maximum absolute atomic E-state index is 12.7. The fourth-order valence-electron chi connectivity index (χ4n) is 5.84. The number of likely N-dealkylation sites (tertiary alicyclic amines) is 1. The quantitative estimate of drug-likeness (QED) is 0.0438. The van der Waals surface area contributed by atoms with Gasteiger partial charge in [0.15, 0.2) is 0 Å². The number of nitrogens with zero attached hydrogens (tertiary/aromatic N) is 1. The lowest BCUT2D eigenvalue weighted by Crippen LogP contribution is -2.30. The maximum atomic E-state index is 12.7. The highest BCUT2D eigenvalue weighted by molar-refractivity contribution is 5.75. The molecule has 52 heavy (non-hydrogen) atoms. The van der Waals surface area contributed by atoms with Crippen molar-refractivity contribution in [3.63, 3.8) is 0 Å². The lowest BCUT2D eigenvalue weighted by Gasteiger charge is -2.19. The highest BCUT2D eigenvalue weighted by Gasteiger charge is 2.34. The molecule has 1 heterocycles. The van der Waals surface area contributed by atoms with Crippen LogP contribution in [-0.4, -0.2) is 74.2 Å². The van der Waals surface area contributed by atoms with Gasteiger partial charge in [-0.1, -0.05) is 138 Å². The first-order valence-corrected chi connectivity index (χ1v) is 20.9. The summed E-state index contributed by atoms with van der Waals surface area (Å²) in [5, 5.41) is 0. The van der Waals surface area contributed by atoms with Crippen LogP contribution in [0.5, 0.6) is 0 Å². The Morgan fingerprint density at radius 2 is 1.06 bits per heavy atom. The predicted molar refractivity (Wildman–Crippen MR) is 209 cm³/mol. The minimum atomic E-state index is -0.506. The summed E-state index contributed by atoms with van der Waals surface area (Å²) in [6.45, 7) is 15.3. The van der Waals surface area contributed by atoms with Gasteiger partial charge in [-0.05, 0) is 19.3 Å². The number of carbonyl (C=O) groups excluding carboxylic acids is 5. The van der Waals surface area contributed by atoms with E-state index in [4.69, 9.17) is 14.2 Å². The van der Waals surface area contributed by atoms with Gasteiger partial charge < -0.3 is 23.8 Å². The lowest BCUT2D eigenvalue weighted by atomic mass is 10.0. The van der Waals surface area contributed by atoms with Gasteiger partial charge in [0.1, 0.15) is 6.10 Å². The third kappa shape index (κ3) is 30.9. The largest absolute Gasteiger partial charge is 0.469 e. The molecule has 0 aromatic carbocycles. The molecule has 0 N–H and O–H groups in total. The molecule has 0 spiro atoms. The van der Waals surface area contributed by atoms with Crippen molar-refractivity contribution >= 4 is 29.8 Å². The molecule has 0 saturated carbocycles. The Hall–Kier alpha value is -2.65. The van der Waals surface area contributed by atoms with E-state index in [0.717, 1.165) is 51.4 Å². The second-order valence-electron chi connectivity index (χ2n) is 14.0. The van der Waals surface area contributed by atoms with Crippen LogP contribution in [0.4, 0.5) is 0 Å². The third-order valence-electron chi connectivity index (χ3n) is 9.12. The minimum absolute atomic E-state index is 0.00494. The summed E-state index contributed by atoms with van der Waals surface area (Å²) < 4.78 is 21.0. The van der Waals surface area contributed by atoms with Crippen molar-refractivity contribution in [3.05, 3.63) is 0 Å². The van der Waals surface area contributed by atoms with E-state index >= 15 is 0 Å². The van der Waals surface area contributed by atoms with Gasteiger partial charge in [-0.3, -0.25) is 24.0 Å². The van der Waals surface area contributed by atoms with Crippen LogP contribution in [-0.2, 0) is 42.9 Å². The standard InChI is InChI=1S/C30H53NO7.C10H20O2.C2H6/c1-5-7-9-11-13-15-17-28(33)37-23-26(19-29(34)36-18-16-14-12-10-8-6-2)20-30(35)38-27-22-31(25(4)32)21-24(27)3;1-3-4-5-6-7-8-9-10(11)12-2;1-2/h24,26-27H,5-23H2,1-4H3;3-9H2,1-2H3;1-2H3. The molecule has 3 unspecified atom stereocenters. The van der Waals surface area contributed by atoms with Gasteiger partial charge in [0.25, 0.3) is 0 Å². The van der Waals surface area contributed by atoms with E-state index in [2.05, 4.69) is 25.5 Å². The van der Waals surface area contributed by atoms with Crippen molar-refractivity contribution < 1.29 is 42.9 Å². The fraction of sp³-hybridized carbons (Fsp3) is 0.881. The zero-order chi connectivity index (χ0) is 39.4. The van der Waals surface area contributed by atoms with Crippen molar-refractivity contribution in [2.45, 2.75) is 196 Å². The number of amides is 1. The van der Waals surface area contributed by atoms with Gasteiger partial charge in [-0.2, -0.15) is 0 Å². The first-order valence-electron chi connectivity index (χ1n) is 20.9. The van der Waals surface area contributed by atoms with E-state index in [9.17, 15) is 24.0 Å². The molecule has 10 heteroatoms. The van der Waals surface area contributed by atoms with Crippen LogP contribution in [0.25, 0.3) is 0 Å². The van der Waals surface area contributed by atoms with Gasteiger partial charge >= 0.3 is 23.9 Å². The molecule has 1 amide bonds. The number of methoxy groups -OCH3 is 1. The van der Waals surface area contributed by atoms with Crippen LogP contribution in [0.15, 0.2) is 0 Å². The smallest absolute Gasteiger partial charge is 0.306 e. The summed E-state index contributed by atoms with van der Waals surface area (Å²) in [7, 11) is 1.44. The first kappa shape index (κ1) is 51.5. The topological polar surface area (TPSA) is 126 Å². The summed E-state index contributed by atoms with van der Waals surface area (Å²) in [5.74, 6) is -1.73. The Kier molecular flexibility index (Phi) is 36.3. The number of esters is 4. The molecule has 1 aliphatic heterocycles. The number of rotatable bonds is 28. The van der Waals surface area contributed by atoms with Gasteiger partial charge in [0.05, 0.1) is 39.7 Å². The molecular weight excluding hydrogens is 662 g/mol. The number of ether oxygens (including phenoxy) is 4. The van der Waals surface area contributed by atoms with E-state index in [1.165, 1.54) is 78.2 Å². The van der Waals surface area contributed by atoms with Gasteiger partial charge in [-0.25, -0.2) is 0 Å². The van der Waals surface area contributed by atoms with Gasteiger partial charge in [0.2, 0.25) is 5.91 Å². The maximum Gasteiger partial charge on any atom is 0.306 e. The average molecular weight is 742 g/mol. The van der Waals surface area contributed by atoms with Crippen molar-refractivity contribution in [2.24, 2.45) is 11.8 Å². The molecule has 3 atom stereocenters. The molecule has 0 aromatic heterocycles. The van der Waals surface area contributed by atoms with E-state index < -0.39 is 11.9 Å². The Balaban J connectivity index is 0. The molecule has 0 aliphatic carbocycles. The van der Waals surface area contributed by atoms with Gasteiger partial charge in [0, 0.05) is 38.1 Å². The lowest BCUT2D eigenvalue weighted by molar-refractivity contribution is -0.156. The highest BCUT2D eigenvalue weighted by atomic mass is 16.6. The molecule has 1 rings (SSSR count). The minimum Gasteiger partial charge on any atom is -0.469 e. The monoisotopic (exact) mass is 742 g/mol. The molecule has 0 bridgehead atoms. The Morgan fingerprint density at radius 3 is 1.54 bits per heavy atom. The van der Waals surface area contributed by atoms with Crippen molar-refractivity contribution in [3.8, 4) is 0 Å². The molecule has 1 fully saturated rings. The summed E-state index contributed by atoms with van der Waals surface area (Å²) in [6, 6.07) is 0. The Labute approximate surface area is 318 Å². The summed E-state index contributed by atoms with van der Waals surface area (Å²) >= 11 is 0. The molecule has 0 radical (unpaired) electrons. The second-order valence-corrected chi connectivity index (χ2v) is 14.0. The number of hydrogen-bond donors (Lipinski definition) is 0. The molecule has 0 aromatic rings. The normalized spacial score (nSPS) is 15.3. The Morgan fingerprint density at radius 1 is 0.596 bits per heavy atom. The van der Waals surface area contributed by atoms with Crippen LogP contribution < -0.4 is 0 Å². The van der Waals surface area contributed by atoms with E-state index in [0.29, 0.717) is 32.5 Å². The van der Waals surface area contributed by atoms with Crippen molar-refractivity contribution in [1.29, 1.82) is 0 Å². The zero-order valence-corrected chi connectivity index (χ0v) is 34.7. The first-order chi connectivity index (χ1) is 25.1. The van der Waals surface area contributed by atoms with Crippen LogP contribution >= 0.6 is 0 Å². The van der Waals surface area contributed by atoms with Crippen LogP contribution in [0.1, 0.15) is 190 Å². The predicted octanol–water partition coefficient (Wildman–Crippen LogP) is 9.93. The summed E-state index contributed by atoms with van der Waals surface area (Å²) in [5.41, 5.74) is 0. The van der Waals surface area contributed by atoms with Crippen molar-refractivity contribution in [2.75, 3.05) is 33.4 Å². The molecule has 10 nitrogen and oxygen atoms in total. The molecular formula is C42H79NO9. The Bertz CT molecular complexity index is 910. The number of unbranched alkanes of at least 4 members (excludes halogenated alkanes) is 15. The zero-order valence-electron chi connectivity index (χ0n) is 34.7. The average Bonchev–Trinajstić information content (AvgIpc) is 3.50. The number of carbonyl (C=O) groups is 5. The summed E-state index contributed by atoms with van der Waals surface area (Å²) in [6.07, 6.45) is 20.9. The van der Waals surface area contributed by atoms with E-state index in [1.807, 2.05) is 20.8 Å². The van der Waals surface area contributed by atoms with Crippen LogP contribution in [0.2, 0.25) is 0 Å². The second kappa shape index (κ2) is 36.7. The SMILES string of the molecule is CC.CCCCCCCCC(=O)OC.CCCCCCCCOC(=O)CC(COC(=O)CCCCCCCC)CC(=O)OC1CN(C(C)=O)CC1C. The van der Waals surface area contributed by atoms with E-state index in [-0.39, 0.29) is 55.3 Å². The van der Waals surface area contributed by atoms with Crippen LogP contribution in [0, 0.1) is 11.8 Å². The molecule has 1 aliphatic rings. The van der Waals surface area contributed by atoms with Crippen LogP contribution in [0.3, 0.4) is 0 Å². The van der Waals surface area contributed by atoms with E-state index in [1.54, 1.807) is 4.90 Å². The fourth-order valence-corrected chi connectivity index (χ4v) is 5.84. The number of hydrogen-bond acceptors (Lipinski definition) is 9. The molecule has 1 saturated heterocycles. The van der Waals surface area contributed by atoms with Gasteiger partial charge in [-0.15, -0.1) is 0 Å². The third-order valence-corrected chi connectivity index (χ3v) is 9.12. The summed E-state index contributed by atoms with van der Waals surface area (Å²) in [4.78, 5) is 61.5.